The average molecular weight is 274 g/mol. The molecule has 20 heavy (non-hydrogen) atoms. The number of carbonyl (C=O) groups is 1. The molecule has 0 bridgehead atoms. The number of carbonyl (C=O) groups excluding carboxylic acids is 1. The first kappa shape index (κ1) is 14.1. The topological polar surface area (TPSA) is 76.5 Å². The Bertz CT molecular complexity index is 715. The number of primary amides is 1. The van der Waals surface area contributed by atoms with E-state index in [0.29, 0.717) is 11.1 Å². The molecule has 5 heteroatoms. The van der Waals surface area contributed by atoms with Gasteiger partial charge in [-0.1, -0.05) is 0 Å². The summed E-state index contributed by atoms with van der Waals surface area (Å²) in [5.74, 6) is -0.758. The number of nitrogens with zero attached hydrogens (tertiary/aromatic N) is 1. The number of fused-ring (bicyclic) bond motifs is 1. The smallest absolute Gasteiger partial charge is 0.349 e. The molecule has 0 fully saturated rings. The zero-order valence-electron chi connectivity index (χ0n) is 11.9. The molecule has 106 valence electrons. The van der Waals surface area contributed by atoms with Crippen molar-refractivity contribution in [2.45, 2.75) is 20.8 Å². The summed E-state index contributed by atoms with van der Waals surface area (Å²) < 4.78 is 5.23. The summed E-state index contributed by atoms with van der Waals surface area (Å²) in [6, 6.07) is 5.63. The Morgan fingerprint density at radius 3 is 2.50 bits per heavy atom. The summed E-state index contributed by atoms with van der Waals surface area (Å²) in [7, 11) is 0. The third kappa shape index (κ3) is 2.27. The molecule has 1 aromatic carbocycles. The van der Waals surface area contributed by atoms with Gasteiger partial charge in [0.25, 0.3) is 5.91 Å². The van der Waals surface area contributed by atoms with E-state index in [4.69, 9.17) is 10.2 Å². The molecule has 0 unspecified atom stereocenters. The number of aryl methyl sites for hydroxylation is 1. The van der Waals surface area contributed by atoms with Crippen molar-refractivity contribution >= 4 is 22.6 Å². The quantitative estimate of drug-likeness (QED) is 0.866. The van der Waals surface area contributed by atoms with Crippen molar-refractivity contribution in [3.63, 3.8) is 0 Å². The first-order valence-corrected chi connectivity index (χ1v) is 6.61. The minimum atomic E-state index is -0.758. The van der Waals surface area contributed by atoms with Crippen molar-refractivity contribution in [3.05, 3.63) is 39.7 Å². The van der Waals surface area contributed by atoms with Crippen LogP contribution in [0.4, 0.5) is 5.69 Å². The van der Waals surface area contributed by atoms with Gasteiger partial charge in [0.15, 0.2) is 0 Å². The molecule has 0 aliphatic rings. The van der Waals surface area contributed by atoms with Crippen molar-refractivity contribution in [2.24, 2.45) is 5.73 Å². The fourth-order valence-electron chi connectivity index (χ4n) is 2.41. The maximum absolute atomic E-state index is 11.8. The minimum absolute atomic E-state index is 0.0758. The van der Waals surface area contributed by atoms with Gasteiger partial charge in [-0.2, -0.15) is 0 Å². The van der Waals surface area contributed by atoms with Crippen LogP contribution in [0, 0.1) is 6.92 Å². The van der Waals surface area contributed by atoms with Crippen molar-refractivity contribution in [1.29, 1.82) is 0 Å². The van der Waals surface area contributed by atoms with Crippen LogP contribution in [0.25, 0.3) is 11.0 Å². The molecule has 0 radical (unpaired) electrons. The molecule has 2 aromatic rings. The maximum Gasteiger partial charge on any atom is 0.349 e. The van der Waals surface area contributed by atoms with E-state index in [1.54, 1.807) is 6.92 Å². The lowest BCUT2D eigenvalue weighted by Gasteiger charge is -2.21. The summed E-state index contributed by atoms with van der Waals surface area (Å²) in [6.07, 6.45) is 0. The zero-order valence-corrected chi connectivity index (χ0v) is 11.9. The van der Waals surface area contributed by atoms with Crippen molar-refractivity contribution in [2.75, 3.05) is 18.0 Å². The molecule has 0 spiro atoms. The van der Waals surface area contributed by atoms with Gasteiger partial charge in [-0.25, -0.2) is 4.79 Å². The van der Waals surface area contributed by atoms with Crippen LogP contribution in [-0.2, 0) is 0 Å². The third-order valence-electron chi connectivity index (χ3n) is 3.53. The van der Waals surface area contributed by atoms with Gasteiger partial charge in [0.05, 0.1) is 0 Å². The summed E-state index contributed by atoms with van der Waals surface area (Å²) in [5.41, 5.74) is 6.49. The number of benzene rings is 1. The molecule has 0 aliphatic carbocycles. The van der Waals surface area contributed by atoms with Crippen LogP contribution in [0.15, 0.2) is 27.4 Å². The Hall–Kier alpha value is -2.30. The van der Waals surface area contributed by atoms with Crippen molar-refractivity contribution < 1.29 is 9.21 Å². The van der Waals surface area contributed by atoms with Crippen LogP contribution < -0.4 is 16.3 Å². The molecule has 5 nitrogen and oxygen atoms in total. The van der Waals surface area contributed by atoms with Crippen LogP contribution in [0.1, 0.15) is 29.8 Å². The SMILES string of the molecule is CCN(CC)c1ccc2c(C)c(C(N)=O)c(=O)oc2c1. The number of anilines is 1. The van der Waals surface area contributed by atoms with Gasteiger partial charge in [-0.3, -0.25) is 4.79 Å². The van der Waals surface area contributed by atoms with E-state index in [0.717, 1.165) is 24.2 Å². The van der Waals surface area contributed by atoms with Gasteiger partial charge >= 0.3 is 5.63 Å². The molecule has 0 atom stereocenters. The number of nitrogens with two attached hydrogens (primary N) is 1. The fraction of sp³-hybridized carbons (Fsp3) is 0.333. The van der Waals surface area contributed by atoms with Gasteiger partial charge in [-0.05, 0) is 38.5 Å². The Morgan fingerprint density at radius 1 is 1.30 bits per heavy atom. The highest BCUT2D eigenvalue weighted by atomic mass is 16.4. The molecule has 1 heterocycles. The summed E-state index contributed by atoms with van der Waals surface area (Å²) in [6.45, 7) is 7.56. The van der Waals surface area contributed by atoms with E-state index in [1.807, 2.05) is 18.2 Å². The van der Waals surface area contributed by atoms with Gasteiger partial charge < -0.3 is 15.1 Å². The summed E-state index contributed by atoms with van der Waals surface area (Å²) in [5, 5.41) is 0.731. The van der Waals surface area contributed by atoms with Gasteiger partial charge in [0, 0.05) is 30.2 Å². The molecular weight excluding hydrogens is 256 g/mol. The highest BCUT2D eigenvalue weighted by Crippen LogP contribution is 2.24. The second-order valence-electron chi connectivity index (χ2n) is 4.61. The number of hydrogen-bond donors (Lipinski definition) is 1. The Kier molecular flexibility index (Phi) is 3.79. The van der Waals surface area contributed by atoms with Crippen molar-refractivity contribution in [3.8, 4) is 0 Å². The normalized spacial score (nSPS) is 10.8. The molecule has 1 amide bonds. The van der Waals surface area contributed by atoms with Gasteiger partial charge in [0.2, 0.25) is 0 Å². The van der Waals surface area contributed by atoms with Crippen LogP contribution in [0.5, 0.6) is 0 Å². The Balaban J connectivity index is 2.70. The van der Waals surface area contributed by atoms with E-state index in [1.165, 1.54) is 0 Å². The standard InChI is InChI=1S/C15H18N2O3/c1-4-17(5-2)10-6-7-11-9(3)13(14(16)18)15(19)20-12(11)8-10/h6-8H,4-5H2,1-3H3,(H2,16,18). The second-order valence-corrected chi connectivity index (χ2v) is 4.61. The third-order valence-corrected chi connectivity index (χ3v) is 3.53. The van der Waals surface area contributed by atoms with E-state index < -0.39 is 11.5 Å². The highest BCUT2D eigenvalue weighted by molar-refractivity contribution is 5.98. The number of amides is 1. The fourth-order valence-corrected chi connectivity index (χ4v) is 2.41. The number of rotatable bonds is 4. The van der Waals surface area contributed by atoms with E-state index in [9.17, 15) is 9.59 Å². The second kappa shape index (κ2) is 5.36. The van der Waals surface area contributed by atoms with Crippen LogP contribution >= 0.6 is 0 Å². The molecular formula is C15H18N2O3. The molecule has 1 aromatic heterocycles. The zero-order chi connectivity index (χ0) is 14.9. The van der Waals surface area contributed by atoms with Crippen LogP contribution in [0.2, 0.25) is 0 Å². The lowest BCUT2D eigenvalue weighted by Crippen LogP contribution is -2.23. The first-order valence-electron chi connectivity index (χ1n) is 6.61. The van der Waals surface area contributed by atoms with Gasteiger partial charge in [0.1, 0.15) is 11.1 Å². The largest absolute Gasteiger partial charge is 0.422 e. The highest BCUT2D eigenvalue weighted by Gasteiger charge is 2.16. The molecule has 2 N–H and O–H groups in total. The summed E-state index contributed by atoms with van der Waals surface area (Å²) in [4.78, 5) is 25.3. The van der Waals surface area contributed by atoms with E-state index >= 15 is 0 Å². The molecule has 2 rings (SSSR count). The Labute approximate surface area is 117 Å². The van der Waals surface area contributed by atoms with E-state index in [-0.39, 0.29) is 5.56 Å². The van der Waals surface area contributed by atoms with Crippen LogP contribution in [0.3, 0.4) is 0 Å². The van der Waals surface area contributed by atoms with Crippen molar-refractivity contribution in [1.82, 2.24) is 0 Å². The lowest BCUT2D eigenvalue weighted by atomic mass is 10.1. The predicted molar refractivity (Wildman–Crippen MR) is 79.3 cm³/mol. The predicted octanol–water partition coefficient (Wildman–Crippen LogP) is 2.05. The van der Waals surface area contributed by atoms with Crippen LogP contribution in [-0.4, -0.2) is 19.0 Å². The number of hydrogen-bond acceptors (Lipinski definition) is 4. The van der Waals surface area contributed by atoms with Gasteiger partial charge in [-0.15, -0.1) is 0 Å². The summed E-state index contributed by atoms with van der Waals surface area (Å²) >= 11 is 0. The minimum Gasteiger partial charge on any atom is -0.422 e. The molecule has 0 saturated heterocycles. The Morgan fingerprint density at radius 2 is 1.95 bits per heavy atom. The maximum atomic E-state index is 11.8. The molecule has 0 aliphatic heterocycles. The monoisotopic (exact) mass is 274 g/mol. The first-order chi connectivity index (χ1) is 9.49. The lowest BCUT2D eigenvalue weighted by molar-refractivity contribution is 0.0996. The molecule has 0 saturated carbocycles. The average Bonchev–Trinajstić information content (AvgIpc) is 2.39. The van der Waals surface area contributed by atoms with E-state index in [2.05, 4.69) is 18.7 Å².